The summed E-state index contributed by atoms with van der Waals surface area (Å²) >= 11 is 0. The SMILES string of the molecule is CC(C)(C)NCCN1C(=O)NC(P)(P)C1=O. The van der Waals surface area contributed by atoms with Crippen LogP contribution < -0.4 is 10.6 Å². The molecule has 0 saturated carbocycles. The van der Waals surface area contributed by atoms with Gasteiger partial charge in [0.05, 0.1) is 0 Å². The molecule has 1 fully saturated rings. The molecule has 0 radical (unpaired) electrons. The molecule has 2 atom stereocenters. The number of amides is 3. The van der Waals surface area contributed by atoms with Crippen molar-refractivity contribution in [2.45, 2.75) is 31.3 Å². The van der Waals surface area contributed by atoms with Crippen LogP contribution >= 0.6 is 18.5 Å². The van der Waals surface area contributed by atoms with Crippen molar-refractivity contribution in [1.29, 1.82) is 0 Å². The Morgan fingerprint density at radius 1 is 1.38 bits per heavy atom. The molecule has 1 heterocycles. The van der Waals surface area contributed by atoms with E-state index in [0.29, 0.717) is 13.1 Å². The number of nitrogens with zero attached hydrogens (tertiary/aromatic N) is 1. The summed E-state index contributed by atoms with van der Waals surface area (Å²) in [6.45, 7) is 7.08. The Morgan fingerprint density at radius 3 is 2.31 bits per heavy atom. The van der Waals surface area contributed by atoms with Crippen LogP contribution in [0.4, 0.5) is 4.79 Å². The second kappa shape index (κ2) is 4.56. The molecule has 1 aliphatic rings. The molecule has 0 spiro atoms. The zero-order valence-corrected chi connectivity index (χ0v) is 12.1. The Labute approximate surface area is 100 Å². The predicted octanol–water partition coefficient (Wildman–Crippen LogP) is 0.330. The summed E-state index contributed by atoms with van der Waals surface area (Å²) in [5.41, 5.74) is -0.0156. The number of hydrogen-bond donors (Lipinski definition) is 2. The van der Waals surface area contributed by atoms with Crippen LogP contribution in [0.5, 0.6) is 0 Å². The molecule has 0 aromatic carbocycles. The molecule has 1 rings (SSSR count). The van der Waals surface area contributed by atoms with E-state index in [0.717, 1.165) is 0 Å². The number of rotatable bonds is 3. The van der Waals surface area contributed by atoms with Crippen LogP contribution in [0, 0.1) is 0 Å². The lowest BCUT2D eigenvalue weighted by Gasteiger charge is -2.22. The third-order valence-electron chi connectivity index (χ3n) is 2.15. The third-order valence-corrected chi connectivity index (χ3v) is 2.93. The number of carbonyl (C=O) groups is 2. The molecule has 16 heavy (non-hydrogen) atoms. The van der Waals surface area contributed by atoms with E-state index in [1.165, 1.54) is 4.90 Å². The van der Waals surface area contributed by atoms with Crippen LogP contribution in [0.2, 0.25) is 0 Å². The second-order valence-corrected chi connectivity index (χ2v) is 7.42. The van der Waals surface area contributed by atoms with Crippen molar-refractivity contribution >= 4 is 30.4 Å². The Bertz CT molecular complexity index is 312. The molecular formula is C9H19N3O2P2. The van der Waals surface area contributed by atoms with Gasteiger partial charge in [0.2, 0.25) is 0 Å². The summed E-state index contributed by atoms with van der Waals surface area (Å²) in [7, 11) is 4.65. The van der Waals surface area contributed by atoms with E-state index >= 15 is 0 Å². The molecule has 3 amide bonds. The Morgan fingerprint density at radius 2 is 1.94 bits per heavy atom. The second-order valence-electron chi connectivity index (χ2n) is 4.93. The van der Waals surface area contributed by atoms with Gasteiger partial charge in [-0.3, -0.25) is 9.69 Å². The number of imide groups is 1. The van der Waals surface area contributed by atoms with E-state index < -0.39 is 5.02 Å². The topological polar surface area (TPSA) is 61.4 Å². The van der Waals surface area contributed by atoms with Gasteiger partial charge < -0.3 is 10.6 Å². The Balaban J connectivity index is 2.50. The van der Waals surface area contributed by atoms with Crippen LogP contribution in [0.3, 0.4) is 0 Å². The van der Waals surface area contributed by atoms with Gasteiger partial charge in [-0.1, -0.05) is 18.5 Å². The summed E-state index contributed by atoms with van der Waals surface area (Å²) in [4.78, 5) is 24.5. The van der Waals surface area contributed by atoms with Crippen molar-refractivity contribution in [1.82, 2.24) is 15.5 Å². The van der Waals surface area contributed by atoms with Crippen LogP contribution in [0.25, 0.3) is 0 Å². The van der Waals surface area contributed by atoms with E-state index in [1.807, 2.05) is 20.8 Å². The summed E-state index contributed by atoms with van der Waals surface area (Å²) in [5, 5.41) is 4.87. The average Bonchev–Trinajstić information content (AvgIpc) is 2.25. The van der Waals surface area contributed by atoms with Crippen molar-refractivity contribution in [3.05, 3.63) is 0 Å². The minimum absolute atomic E-state index is 0.0156. The Kier molecular flexibility index (Phi) is 3.94. The largest absolute Gasteiger partial charge is 0.325 e. The van der Waals surface area contributed by atoms with Crippen molar-refractivity contribution < 1.29 is 9.59 Å². The molecule has 0 aromatic heterocycles. The first-order valence-electron chi connectivity index (χ1n) is 5.10. The summed E-state index contributed by atoms with van der Waals surface area (Å²) in [5.74, 6) is -0.233. The number of urea groups is 1. The zero-order valence-electron chi connectivity index (χ0n) is 9.83. The zero-order chi connectivity index (χ0) is 12.6. The van der Waals surface area contributed by atoms with Crippen LogP contribution in [-0.4, -0.2) is 40.5 Å². The fourth-order valence-electron chi connectivity index (χ4n) is 1.36. The molecule has 2 unspecified atom stereocenters. The molecule has 0 bridgehead atoms. The first-order chi connectivity index (χ1) is 7.13. The summed E-state index contributed by atoms with van der Waals surface area (Å²) in [6, 6.07) is -0.342. The van der Waals surface area contributed by atoms with Crippen molar-refractivity contribution in [2.24, 2.45) is 0 Å². The smallest absolute Gasteiger partial charge is 0.317 e. The first-order valence-corrected chi connectivity index (χ1v) is 6.26. The predicted molar refractivity (Wildman–Crippen MR) is 70.2 cm³/mol. The van der Waals surface area contributed by atoms with Gasteiger partial charge in [-0.25, -0.2) is 4.79 Å². The molecule has 2 N–H and O–H groups in total. The quantitative estimate of drug-likeness (QED) is 0.570. The van der Waals surface area contributed by atoms with Gasteiger partial charge >= 0.3 is 6.03 Å². The lowest BCUT2D eigenvalue weighted by Crippen LogP contribution is -2.43. The molecule has 0 aliphatic carbocycles. The van der Waals surface area contributed by atoms with Crippen LogP contribution in [0.1, 0.15) is 20.8 Å². The fraction of sp³-hybridized carbons (Fsp3) is 0.778. The molecule has 5 nitrogen and oxygen atoms in total. The van der Waals surface area contributed by atoms with Crippen molar-refractivity contribution in [3.8, 4) is 0 Å². The van der Waals surface area contributed by atoms with Gasteiger partial charge in [0.15, 0.2) is 0 Å². The maximum atomic E-state index is 11.8. The minimum Gasteiger partial charge on any atom is -0.317 e. The third kappa shape index (κ3) is 3.38. The van der Waals surface area contributed by atoms with Gasteiger partial charge in [-0.15, -0.1) is 0 Å². The van der Waals surface area contributed by atoms with E-state index in [9.17, 15) is 9.59 Å². The first kappa shape index (κ1) is 13.8. The van der Waals surface area contributed by atoms with E-state index in [4.69, 9.17) is 0 Å². The van der Waals surface area contributed by atoms with E-state index in [2.05, 4.69) is 29.1 Å². The van der Waals surface area contributed by atoms with Gasteiger partial charge in [-0.2, -0.15) is 0 Å². The van der Waals surface area contributed by atoms with Gasteiger partial charge in [-0.05, 0) is 20.8 Å². The normalized spacial score (nSPS) is 20.2. The lowest BCUT2D eigenvalue weighted by molar-refractivity contribution is -0.126. The van der Waals surface area contributed by atoms with Crippen LogP contribution in [-0.2, 0) is 4.79 Å². The Hall–Kier alpha value is -0.240. The van der Waals surface area contributed by atoms with Gasteiger partial charge in [0, 0.05) is 18.6 Å². The molecular weight excluding hydrogens is 244 g/mol. The molecule has 7 heteroatoms. The molecule has 1 saturated heterocycles. The highest BCUT2D eigenvalue weighted by molar-refractivity contribution is 7.42. The number of hydrogen-bond acceptors (Lipinski definition) is 3. The highest BCUT2D eigenvalue weighted by Gasteiger charge is 2.44. The van der Waals surface area contributed by atoms with Crippen molar-refractivity contribution in [3.63, 3.8) is 0 Å². The van der Waals surface area contributed by atoms with E-state index in [-0.39, 0.29) is 17.5 Å². The fourth-order valence-corrected chi connectivity index (χ4v) is 1.92. The highest BCUT2D eigenvalue weighted by atomic mass is 31.1. The number of carbonyl (C=O) groups excluding carboxylic acids is 2. The van der Waals surface area contributed by atoms with Gasteiger partial charge in [0.25, 0.3) is 5.91 Å². The van der Waals surface area contributed by atoms with E-state index in [1.54, 1.807) is 0 Å². The molecule has 0 aromatic rings. The monoisotopic (exact) mass is 263 g/mol. The maximum Gasteiger partial charge on any atom is 0.325 e. The standard InChI is InChI=1S/C9H19N3O2P2/c1-8(2,3)10-4-5-12-6(13)9(15,16)11-7(12)14/h10H,4-5,15-16H2,1-3H3,(H,11,14). The van der Waals surface area contributed by atoms with Crippen LogP contribution in [0.15, 0.2) is 0 Å². The van der Waals surface area contributed by atoms with Crippen molar-refractivity contribution in [2.75, 3.05) is 13.1 Å². The summed E-state index contributed by atoms with van der Waals surface area (Å²) in [6.07, 6.45) is 0. The minimum atomic E-state index is -0.932. The van der Waals surface area contributed by atoms with Gasteiger partial charge in [0.1, 0.15) is 5.02 Å². The lowest BCUT2D eigenvalue weighted by atomic mass is 10.1. The summed E-state index contributed by atoms with van der Waals surface area (Å²) < 4.78 is 0. The average molecular weight is 263 g/mol. The maximum absolute atomic E-state index is 11.8. The highest BCUT2D eigenvalue weighted by Crippen LogP contribution is 2.30. The molecule has 1 aliphatic heterocycles. The molecule has 92 valence electrons. The number of nitrogens with one attached hydrogen (secondary N) is 2.